The van der Waals surface area contributed by atoms with E-state index < -0.39 is 0 Å². The van der Waals surface area contributed by atoms with Crippen LogP contribution >= 0.6 is 0 Å². The zero-order chi connectivity index (χ0) is 7.26. The van der Waals surface area contributed by atoms with Crippen LogP contribution in [0.4, 0.5) is 0 Å². The summed E-state index contributed by atoms with van der Waals surface area (Å²) in [6.07, 6.45) is 11.1. The molecule has 0 aliphatic heterocycles. The van der Waals surface area contributed by atoms with Crippen LogP contribution in [0.5, 0.6) is 0 Å². The lowest BCUT2D eigenvalue weighted by Crippen LogP contribution is -1.95. The number of fused-ring (bicyclic) bond motifs is 2. The van der Waals surface area contributed by atoms with Crippen molar-refractivity contribution in [2.24, 2.45) is 5.92 Å². The van der Waals surface area contributed by atoms with E-state index in [4.69, 9.17) is 0 Å². The van der Waals surface area contributed by atoms with Gasteiger partial charge in [-0.2, -0.15) is 0 Å². The van der Waals surface area contributed by atoms with Gasteiger partial charge in [0.25, 0.3) is 0 Å². The fourth-order valence-electron chi connectivity index (χ4n) is 3.02. The Balaban J connectivity index is 2.02. The van der Waals surface area contributed by atoms with Crippen LogP contribution in [0.25, 0.3) is 0 Å². The van der Waals surface area contributed by atoms with Crippen LogP contribution in [0, 0.1) is 5.92 Å². The molecule has 0 aromatic heterocycles. The maximum atomic E-state index is 2.51. The lowest BCUT2D eigenvalue weighted by molar-refractivity contribution is 0.698. The molecule has 1 unspecified atom stereocenters. The molecule has 3 aliphatic rings. The summed E-state index contributed by atoms with van der Waals surface area (Å²) < 4.78 is 0. The average Bonchev–Trinajstić information content (AvgIpc) is 2.52. The van der Waals surface area contributed by atoms with Crippen molar-refractivity contribution in [2.45, 2.75) is 38.5 Å². The minimum atomic E-state index is 0.937. The Kier molecular flexibility index (Phi) is 1.10. The van der Waals surface area contributed by atoms with Crippen molar-refractivity contribution < 1.29 is 0 Å². The smallest absolute Gasteiger partial charge is 0.00161 e. The first-order valence-electron chi connectivity index (χ1n) is 4.87. The van der Waals surface area contributed by atoms with E-state index in [1.54, 1.807) is 11.1 Å². The van der Waals surface area contributed by atoms with Crippen LogP contribution in [-0.2, 0) is 0 Å². The van der Waals surface area contributed by atoms with E-state index in [-0.39, 0.29) is 0 Å². The predicted molar refractivity (Wildman–Crippen MR) is 46.3 cm³/mol. The topological polar surface area (TPSA) is 0 Å². The van der Waals surface area contributed by atoms with E-state index in [1.807, 2.05) is 5.57 Å². The largest absolute Gasteiger partial charge is 0.0628 e. The van der Waals surface area contributed by atoms with Gasteiger partial charge in [-0.05, 0) is 44.1 Å². The summed E-state index contributed by atoms with van der Waals surface area (Å²) in [4.78, 5) is 0. The fourth-order valence-corrected chi connectivity index (χ4v) is 3.02. The number of allylic oxidation sites excluding steroid dienone is 4. The molecule has 0 saturated heterocycles. The fraction of sp³-hybridized carbons (Fsp3) is 0.636. The van der Waals surface area contributed by atoms with E-state index in [0.717, 1.165) is 5.92 Å². The second-order valence-electron chi connectivity index (χ2n) is 4.07. The van der Waals surface area contributed by atoms with Crippen LogP contribution in [-0.4, -0.2) is 0 Å². The highest BCUT2D eigenvalue weighted by Crippen LogP contribution is 2.48. The lowest BCUT2D eigenvalue weighted by Gasteiger charge is -2.08. The molecule has 11 heavy (non-hydrogen) atoms. The molecule has 0 heterocycles. The Hall–Kier alpha value is -0.520. The molecule has 3 aliphatic carbocycles. The summed E-state index contributed by atoms with van der Waals surface area (Å²) >= 11 is 0. The second-order valence-corrected chi connectivity index (χ2v) is 4.07. The molecule has 0 N–H and O–H groups in total. The van der Waals surface area contributed by atoms with Crippen LogP contribution < -0.4 is 0 Å². The highest BCUT2D eigenvalue weighted by Gasteiger charge is 2.32. The Morgan fingerprint density at radius 1 is 1.09 bits per heavy atom. The summed E-state index contributed by atoms with van der Waals surface area (Å²) in [6.45, 7) is 0. The number of hydrogen-bond donors (Lipinski definition) is 0. The quantitative estimate of drug-likeness (QED) is 0.492. The minimum absolute atomic E-state index is 0.937. The van der Waals surface area contributed by atoms with Gasteiger partial charge in [0, 0.05) is 5.92 Å². The van der Waals surface area contributed by atoms with Crippen LogP contribution in [0.2, 0.25) is 0 Å². The standard InChI is InChI=1S/C11H14/c1-3-8-7-9-4-2-6-11(9)10(8)5-1/h7,10H,1-6H2. The molecule has 0 spiro atoms. The van der Waals surface area contributed by atoms with E-state index in [2.05, 4.69) is 6.08 Å². The molecule has 0 bridgehead atoms. The third-order valence-corrected chi connectivity index (χ3v) is 3.49. The third-order valence-electron chi connectivity index (χ3n) is 3.49. The van der Waals surface area contributed by atoms with Gasteiger partial charge in [-0.25, -0.2) is 0 Å². The maximum absolute atomic E-state index is 2.51. The summed E-state index contributed by atoms with van der Waals surface area (Å²) in [5.41, 5.74) is 5.33. The van der Waals surface area contributed by atoms with Crippen LogP contribution in [0.3, 0.4) is 0 Å². The van der Waals surface area contributed by atoms with Gasteiger partial charge >= 0.3 is 0 Å². The van der Waals surface area contributed by atoms with Gasteiger partial charge < -0.3 is 0 Å². The molecule has 1 fully saturated rings. The third kappa shape index (κ3) is 0.702. The van der Waals surface area contributed by atoms with Crippen molar-refractivity contribution in [1.82, 2.24) is 0 Å². The first kappa shape index (κ1) is 6.05. The lowest BCUT2D eigenvalue weighted by atomic mass is 9.97. The van der Waals surface area contributed by atoms with Crippen molar-refractivity contribution in [3.05, 3.63) is 22.8 Å². The van der Waals surface area contributed by atoms with Crippen molar-refractivity contribution in [3.63, 3.8) is 0 Å². The van der Waals surface area contributed by atoms with Crippen molar-refractivity contribution in [3.8, 4) is 0 Å². The normalized spacial score (nSPS) is 34.2. The maximum Gasteiger partial charge on any atom is 0.00161 e. The molecule has 3 rings (SSSR count). The van der Waals surface area contributed by atoms with Gasteiger partial charge in [0.2, 0.25) is 0 Å². The van der Waals surface area contributed by atoms with Gasteiger partial charge in [0.05, 0.1) is 0 Å². The Bertz CT molecular complexity index is 255. The molecule has 0 radical (unpaired) electrons. The molecular formula is C11H14. The summed E-state index contributed by atoms with van der Waals surface area (Å²) in [6, 6.07) is 0. The SMILES string of the molecule is C1=C2CCCC2C2=C1CCC2. The Morgan fingerprint density at radius 3 is 3.09 bits per heavy atom. The zero-order valence-corrected chi connectivity index (χ0v) is 6.90. The zero-order valence-electron chi connectivity index (χ0n) is 6.90. The summed E-state index contributed by atoms with van der Waals surface area (Å²) in [5.74, 6) is 0.937. The predicted octanol–water partition coefficient (Wildman–Crippen LogP) is 3.21. The van der Waals surface area contributed by atoms with E-state index >= 15 is 0 Å². The van der Waals surface area contributed by atoms with Gasteiger partial charge in [0.1, 0.15) is 0 Å². The molecule has 1 atom stereocenters. The van der Waals surface area contributed by atoms with Crippen molar-refractivity contribution in [2.75, 3.05) is 0 Å². The Morgan fingerprint density at radius 2 is 2.09 bits per heavy atom. The number of rotatable bonds is 0. The van der Waals surface area contributed by atoms with Gasteiger partial charge in [0.15, 0.2) is 0 Å². The van der Waals surface area contributed by atoms with Crippen LogP contribution in [0.1, 0.15) is 38.5 Å². The minimum Gasteiger partial charge on any atom is -0.0628 e. The summed E-state index contributed by atoms with van der Waals surface area (Å²) in [5, 5.41) is 0. The first-order chi connectivity index (χ1) is 5.45. The van der Waals surface area contributed by atoms with Crippen molar-refractivity contribution >= 4 is 0 Å². The van der Waals surface area contributed by atoms with E-state index in [9.17, 15) is 0 Å². The van der Waals surface area contributed by atoms with Crippen molar-refractivity contribution in [1.29, 1.82) is 0 Å². The highest BCUT2D eigenvalue weighted by molar-refractivity contribution is 5.45. The summed E-state index contributed by atoms with van der Waals surface area (Å²) in [7, 11) is 0. The van der Waals surface area contributed by atoms with Gasteiger partial charge in [-0.3, -0.25) is 0 Å². The molecule has 1 saturated carbocycles. The van der Waals surface area contributed by atoms with Crippen LogP contribution in [0.15, 0.2) is 22.8 Å². The molecular weight excluding hydrogens is 132 g/mol. The molecule has 58 valence electrons. The molecule has 0 aromatic carbocycles. The van der Waals surface area contributed by atoms with Gasteiger partial charge in [-0.1, -0.05) is 17.2 Å². The molecule has 0 amide bonds. The first-order valence-corrected chi connectivity index (χ1v) is 4.87. The van der Waals surface area contributed by atoms with E-state index in [1.165, 1.54) is 38.5 Å². The highest BCUT2D eigenvalue weighted by atomic mass is 14.4. The molecule has 0 heteroatoms. The number of hydrogen-bond acceptors (Lipinski definition) is 0. The Labute approximate surface area is 68.0 Å². The van der Waals surface area contributed by atoms with Gasteiger partial charge in [-0.15, -0.1) is 0 Å². The second kappa shape index (κ2) is 2.00. The monoisotopic (exact) mass is 146 g/mol. The molecule has 0 nitrogen and oxygen atoms in total. The molecule has 0 aromatic rings. The van der Waals surface area contributed by atoms with E-state index in [0.29, 0.717) is 0 Å². The average molecular weight is 146 g/mol.